The van der Waals surface area contributed by atoms with Gasteiger partial charge in [0.05, 0.1) is 10.7 Å². The molecule has 5 nitrogen and oxygen atoms in total. The number of furan rings is 1. The number of carbonyl (C=O) groups excluding carboxylic acids is 1. The van der Waals surface area contributed by atoms with Gasteiger partial charge in [-0.1, -0.05) is 13.8 Å². The van der Waals surface area contributed by atoms with Crippen LogP contribution < -0.4 is 0 Å². The van der Waals surface area contributed by atoms with Gasteiger partial charge >= 0.3 is 0 Å². The number of aryl methyl sites for hydroxylation is 2. The summed E-state index contributed by atoms with van der Waals surface area (Å²) >= 11 is 1.74. The molecule has 0 radical (unpaired) electrons. The standard InChI is InChI=1S/C18H25N3O2S/c1-3-15-6-7-16(23-15)18(22)21-9-5-8-20(10-11-21)12-14-13-24-17(4-2)19-14/h6-7,13H,3-5,8-12H2,1-2H3. The zero-order valence-corrected chi connectivity index (χ0v) is 15.3. The third-order valence-electron chi connectivity index (χ3n) is 4.38. The van der Waals surface area contributed by atoms with Crippen LogP contribution in [0.4, 0.5) is 0 Å². The second-order valence-electron chi connectivity index (χ2n) is 6.13. The van der Waals surface area contributed by atoms with Crippen LogP contribution in [0, 0.1) is 0 Å². The fraction of sp³-hybridized carbons (Fsp3) is 0.556. The average Bonchev–Trinajstić information content (AvgIpc) is 3.20. The van der Waals surface area contributed by atoms with Crippen LogP contribution in [-0.4, -0.2) is 46.9 Å². The number of rotatable bonds is 5. The van der Waals surface area contributed by atoms with Crippen LogP contribution in [-0.2, 0) is 19.4 Å². The second-order valence-corrected chi connectivity index (χ2v) is 7.07. The summed E-state index contributed by atoms with van der Waals surface area (Å²) in [5, 5.41) is 3.35. The molecule has 2 aromatic rings. The minimum Gasteiger partial charge on any atom is -0.456 e. The number of carbonyl (C=O) groups is 1. The highest BCUT2D eigenvalue weighted by molar-refractivity contribution is 7.09. The maximum Gasteiger partial charge on any atom is 0.289 e. The highest BCUT2D eigenvalue weighted by atomic mass is 32.1. The fourth-order valence-corrected chi connectivity index (χ4v) is 3.72. The van der Waals surface area contributed by atoms with Crippen LogP contribution in [0.3, 0.4) is 0 Å². The Labute approximate surface area is 147 Å². The number of hydrogen-bond acceptors (Lipinski definition) is 5. The van der Waals surface area contributed by atoms with E-state index >= 15 is 0 Å². The third kappa shape index (κ3) is 4.05. The lowest BCUT2D eigenvalue weighted by molar-refractivity contribution is 0.0727. The van der Waals surface area contributed by atoms with E-state index in [0.29, 0.717) is 5.76 Å². The van der Waals surface area contributed by atoms with Crippen LogP contribution in [0.15, 0.2) is 21.9 Å². The topological polar surface area (TPSA) is 49.6 Å². The van der Waals surface area contributed by atoms with Crippen molar-refractivity contribution in [3.8, 4) is 0 Å². The Hall–Kier alpha value is -1.66. The molecule has 0 aromatic carbocycles. The molecule has 1 aliphatic rings. The molecule has 0 unspecified atom stereocenters. The van der Waals surface area contributed by atoms with Gasteiger partial charge in [0.25, 0.3) is 5.91 Å². The lowest BCUT2D eigenvalue weighted by Gasteiger charge is -2.20. The molecule has 1 amide bonds. The second kappa shape index (κ2) is 7.94. The average molecular weight is 347 g/mol. The maximum absolute atomic E-state index is 12.6. The summed E-state index contributed by atoms with van der Waals surface area (Å²) in [5.74, 6) is 1.34. The predicted molar refractivity (Wildman–Crippen MR) is 95.4 cm³/mol. The maximum atomic E-state index is 12.6. The van der Waals surface area contributed by atoms with E-state index in [1.165, 1.54) is 5.01 Å². The minimum absolute atomic E-state index is 0.0125. The summed E-state index contributed by atoms with van der Waals surface area (Å²) in [6, 6.07) is 3.69. The first-order valence-electron chi connectivity index (χ1n) is 8.73. The molecule has 3 heterocycles. The third-order valence-corrected chi connectivity index (χ3v) is 5.43. The van der Waals surface area contributed by atoms with Crippen molar-refractivity contribution in [1.82, 2.24) is 14.8 Å². The zero-order chi connectivity index (χ0) is 16.9. The number of aromatic nitrogens is 1. The van der Waals surface area contributed by atoms with Crippen molar-refractivity contribution < 1.29 is 9.21 Å². The summed E-state index contributed by atoms with van der Waals surface area (Å²) in [6.07, 6.45) is 2.79. The summed E-state index contributed by atoms with van der Waals surface area (Å²) in [7, 11) is 0. The fourth-order valence-electron chi connectivity index (χ4n) is 2.98. The lowest BCUT2D eigenvalue weighted by Crippen LogP contribution is -2.35. The molecule has 6 heteroatoms. The van der Waals surface area contributed by atoms with Gasteiger partial charge in [-0.3, -0.25) is 9.69 Å². The van der Waals surface area contributed by atoms with Crippen molar-refractivity contribution in [1.29, 1.82) is 0 Å². The Morgan fingerprint density at radius 2 is 2.08 bits per heavy atom. The molecule has 0 N–H and O–H groups in total. The number of hydrogen-bond donors (Lipinski definition) is 0. The smallest absolute Gasteiger partial charge is 0.289 e. The SMILES string of the molecule is CCc1ccc(C(=O)N2CCCN(Cc3csc(CC)n3)CC2)o1. The molecule has 2 aromatic heterocycles. The summed E-state index contributed by atoms with van der Waals surface area (Å²) in [4.78, 5) is 21.5. The van der Waals surface area contributed by atoms with Crippen LogP contribution in [0.5, 0.6) is 0 Å². The lowest BCUT2D eigenvalue weighted by atomic mass is 10.3. The van der Waals surface area contributed by atoms with Gasteiger partial charge in [-0.2, -0.15) is 0 Å². The number of nitrogens with zero attached hydrogens (tertiary/aromatic N) is 3. The van der Waals surface area contributed by atoms with Gasteiger partial charge in [-0.25, -0.2) is 4.98 Å². The van der Waals surface area contributed by atoms with E-state index in [1.807, 2.05) is 17.9 Å². The van der Waals surface area contributed by atoms with Gasteiger partial charge in [0.15, 0.2) is 5.76 Å². The molecule has 24 heavy (non-hydrogen) atoms. The van der Waals surface area contributed by atoms with Crippen LogP contribution >= 0.6 is 11.3 Å². The molecular weight excluding hydrogens is 322 g/mol. The van der Waals surface area contributed by atoms with Crippen LogP contribution in [0.25, 0.3) is 0 Å². The van der Waals surface area contributed by atoms with Crippen molar-refractivity contribution in [2.45, 2.75) is 39.7 Å². The molecule has 0 atom stereocenters. The number of amides is 1. The molecule has 0 spiro atoms. The Morgan fingerprint density at radius 1 is 1.21 bits per heavy atom. The van der Waals surface area contributed by atoms with Gasteiger partial charge in [0, 0.05) is 44.5 Å². The summed E-state index contributed by atoms with van der Waals surface area (Å²) in [6.45, 7) is 8.45. The van der Waals surface area contributed by atoms with E-state index in [2.05, 4.69) is 22.2 Å². The van der Waals surface area contributed by atoms with Gasteiger partial charge in [-0.05, 0) is 25.0 Å². The molecule has 0 saturated carbocycles. The predicted octanol–water partition coefficient (Wildman–Crippen LogP) is 3.21. The van der Waals surface area contributed by atoms with Crippen molar-refractivity contribution in [3.63, 3.8) is 0 Å². The van der Waals surface area contributed by atoms with Crippen molar-refractivity contribution >= 4 is 17.2 Å². The van der Waals surface area contributed by atoms with E-state index in [4.69, 9.17) is 4.42 Å². The number of thiazole rings is 1. The molecular formula is C18H25N3O2S. The highest BCUT2D eigenvalue weighted by Crippen LogP contribution is 2.16. The van der Waals surface area contributed by atoms with Gasteiger partial charge in [-0.15, -0.1) is 11.3 Å². The minimum atomic E-state index is 0.0125. The highest BCUT2D eigenvalue weighted by Gasteiger charge is 2.22. The molecule has 0 aliphatic carbocycles. The van der Waals surface area contributed by atoms with E-state index < -0.39 is 0 Å². The van der Waals surface area contributed by atoms with Crippen molar-refractivity contribution in [3.05, 3.63) is 39.7 Å². The van der Waals surface area contributed by atoms with E-state index in [1.54, 1.807) is 17.4 Å². The first-order valence-corrected chi connectivity index (χ1v) is 9.61. The van der Waals surface area contributed by atoms with Gasteiger partial charge < -0.3 is 9.32 Å². The van der Waals surface area contributed by atoms with E-state index in [0.717, 1.165) is 63.4 Å². The monoisotopic (exact) mass is 347 g/mol. The summed E-state index contributed by atoms with van der Waals surface area (Å²) in [5.41, 5.74) is 1.15. The quantitative estimate of drug-likeness (QED) is 0.833. The Morgan fingerprint density at radius 3 is 2.79 bits per heavy atom. The first-order chi connectivity index (χ1) is 11.7. The zero-order valence-electron chi connectivity index (χ0n) is 14.5. The van der Waals surface area contributed by atoms with Gasteiger partial charge in [0.1, 0.15) is 5.76 Å². The van der Waals surface area contributed by atoms with E-state index in [-0.39, 0.29) is 5.91 Å². The van der Waals surface area contributed by atoms with E-state index in [9.17, 15) is 4.79 Å². The normalized spacial score (nSPS) is 16.3. The van der Waals surface area contributed by atoms with Crippen molar-refractivity contribution in [2.75, 3.05) is 26.2 Å². The molecule has 1 saturated heterocycles. The Bertz CT molecular complexity index is 679. The molecule has 1 fully saturated rings. The van der Waals surface area contributed by atoms with Crippen molar-refractivity contribution in [2.24, 2.45) is 0 Å². The van der Waals surface area contributed by atoms with Gasteiger partial charge in [0.2, 0.25) is 0 Å². The Balaban J connectivity index is 1.57. The molecule has 3 rings (SSSR count). The molecule has 130 valence electrons. The largest absolute Gasteiger partial charge is 0.456 e. The first kappa shape index (κ1) is 17.2. The molecule has 0 bridgehead atoms. The van der Waals surface area contributed by atoms with Crippen LogP contribution in [0.2, 0.25) is 0 Å². The Kier molecular flexibility index (Phi) is 5.68. The summed E-state index contributed by atoms with van der Waals surface area (Å²) < 4.78 is 5.61. The molecule has 1 aliphatic heterocycles. The van der Waals surface area contributed by atoms with Crippen LogP contribution in [0.1, 0.15) is 47.3 Å².